The zero-order valence-electron chi connectivity index (χ0n) is 10.1. The van der Waals surface area contributed by atoms with Gasteiger partial charge < -0.3 is 15.5 Å². The number of carbonyl (C=O) groups excluding carboxylic acids is 2. The molecule has 2 N–H and O–H groups in total. The third kappa shape index (κ3) is 3.35. The van der Waals surface area contributed by atoms with Gasteiger partial charge in [-0.05, 0) is 12.1 Å². The van der Waals surface area contributed by atoms with Crippen LogP contribution in [0.3, 0.4) is 0 Å². The van der Waals surface area contributed by atoms with Crippen LogP contribution in [0.5, 0.6) is 0 Å². The molecule has 2 rings (SSSR count). The number of hydrogen-bond donors (Lipinski definition) is 2. The largest absolute Gasteiger partial charge is 0.373 e. The lowest BCUT2D eigenvalue weighted by molar-refractivity contribution is -0.136. The van der Waals surface area contributed by atoms with Crippen LogP contribution in [0.15, 0.2) is 18.2 Å². The zero-order chi connectivity index (χ0) is 13.8. The number of piperazine rings is 1. The highest BCUT2D eigenvalue weighted by molar-refractivity contribution is 6.33. The Hall–Kier alpha value is -1.82. The normalized spacial score (nSPS) is 15.1. The lowest BCUT2D eigenvalue weighted by atomic mass is 10.3. The van der Waals surface area contributed by atoms with E-state index in [1.807, 2.05) is 0 Å². The Bertz CT molecular complexity index is 489. The van der Waals surface area contributed by atoms with Crippen LogP contribution >= 0.6 is 11.6 Å². The Kier molecular flexibility index (Phi) is 4.21. The van der Waals surface area contributed by atoms with Crippen molar-refractivity contribution in [3.63, 3.8) is 0 Å². The second kappa shape index (κ2) is 5.88. The molecule has 1 aliphatic heterocycles. The lowest BCUT2D eigenvalue weighted by Crippen LogP contribution is -2.51. The number of hydrogen-bond acceptors (Lipinski definition) is 3. The van der Waals surface area contributed by atoms with E-state index in [4.69, 9.17) is 11.6 Å². The summed E-state index contributed by atoms with van der Waals surface area (Å²) >= 11 is 5.83. The molecule has 1 fully saturated rings. The van der Waals surface area contributed by atoms with Gasteiger partial charge in [0.1, 0.15) is 5.82 Å². The molecule has 0 spiro atoms. The van der Waals surface area contributed by atoms with Gasteiger partial charge in [-0.25, -0.2) is 4.39 Å². The Balaban J connectivity index is 1.95. The maximum atomic E-state index is 13.5. The molecule has 1 heterocycles. The maximum Gasteiger partial charge on any atom is 0.242 e. The molecule has 1 aliphatic rings. The van der Waals surface area contributed by atoms with E-state index in [2.05, 4.69) is 10.6 Å². The van der Waals surface area contributed by atoms with E-state index < -0.39 is 5.82 Å². The lowest BCUT2D eigenvalue weighted by Gasteiger charge is -2.26. The third-order valence-corrected chi connectivity index (χ3v) is 3.09. The Morgan fingerprint density at radius 3 is 3.00 bits per heavy atom. The van der Waals surface area contributed by atoms with Gasteiger partial charge in [0.15, 0.2) is 0 Å². The smallest absolute Gasteiger partial charge is 0.242 e. The van der Waals surface area contributed by atoms with Gasteiger partial charge in [-0.15, -0.1) is 0 Å². The monoisotopic (exact) mass is 285 g/mol. The van der Waals surface area contributed by atoms with Crippen molar-refractivity contribution in [2.75, 3.05) is 31.5 Å². The first-order valence-electron chi connectivity index (χ1n) is 5.80. The van der Waals surface area contributed by atoms with Gasteiger partial charge in [0.05, 0.1) is 23.8 Å². The van der Waals surface area contributed by atoms with Gasteiger partial charge in [0, 0.05) is 13.1 Å². The highest BCUT2D eigenvalue weighted by atomic mass is 35.5. The fraction of sp³-hybridized carbons (Fsp3) is 0.333. The molecule has 19 heavy (non-hydrogen) atoms. The van der Waals surface area contributed by atoms with Crippen LogP contribution in [0.1, 0.15) is 0 Å². The number of nitrogens with one attached hydrogen (secondary N) is 2. The van der Waals surface area contributed by atoms with Crippen molar-refractivity contribution in [2.24, 2.45) is 0 Å². The van der Waals surface area contributed by atoms with Crippen LogP contribution < -0.4 is 10.6 Å². The van der Waals surface area contributed by atoms with Gasteiger partial charge in [-0.3, -0.25) is 9.59 Å². The highest BCUT2D eigenvalue weighted by Crippen LogP contribution is 2.24. The zero-order valence-corrected chi connectivity index (χ0v) is 10.8. The third-order valence-electron chi connectivity index (χ3n) is 2.77. The van der Waals surface area contributed by atoms with Crippen molar-refractivity contribution in [3.05, 3.63) is 29.0 Å². The van der Waals surface area contributed by atoms with E-state index >= 15 is 0 Å². The minimum atomic E-state index is -0.517. The summed E-state index contributed by atoms with van der Waals surface area (Å²) in [6.07, 6.45) is 0. The summed E-state index contributed by atoms with van der Waals surface area (Å²) in [5.41, 5.74) is 0.0963. The van der Waals surface area contributed by atoms with Crippen LogP contribution in [-0.4, -0.2) is 42.9 Å². The predicted molar refractivity (Wildman–Crippen MR) is 69.5 cm³/mol. The number of nitrogens with zero attached hydrogens (tertiary/aromatic N) is 1. The van der Waals surface area contributed by atoms with E-state index in [1.54, 1.807) is 0 Å². The Morgan fingerprint density at radius 2 is 2.32 bits per heavy atom. The van der Waals surface area contributed by atoms with E-state index in [0.717, 1.165) is 0 Å². The van der Waals surface area contributed by atoms with Crippen molar-refractivity contribution < 1.29 is 14.0 Å². The van der Waals surface area contributed by atoms with Crippen molar-refractivity contribution in [1.29, 1.82) is 0 Å². The van der Waals surface area contributed by atoms with Crippen LogP contribution in [0.2, 0.25) is 5.02 Å². The first-order chi connectivity index (χ1) is 9.08. The standard InChI is InChI=1S/C12H13ClFN3O2/c13-8-2-1-3-9(14)12(8)16-6-11(19)17-5-4-15-10(18)7-17/h1-3,16H,4-7H2,(H,15,18). The number of amides is 2. The molecule has 0 atom stereocenters. The molecule has 0 aliphatic carbocycles. The fourth-order valence-electron chi connectivity index (χ4n) is 1.79. The maximum absolute atomic E-state index is 13.5. The first kappa shape index (κ1) is 13.6. The van der Waals surface area contributed by atoms with Gasteiger partial charge in [0.25, 0.3) is 0 Å². The summed E-state index contributed by atoms with van der Waals surface area (Å²) < 4.78 is 13.5. The second-order valence-corrected chi connectivity index (χ2v) is 4.52. The molecule has 5 nitrogen and oxygen atoms in total. The van der Waals surface area contributed by atoms with Gasteiger partial charge in [-0.1, -0.05) is 17.7 Å². The van der Waals surface area contributed by atoms with Crippen molar-refractivity contribution in [2.45, 2.75) is 0 Å². The molecule has 1 saturated heterocycles. The number of benzene rings is 1. The number of anilines is 1. The minimum Gasteiger partial charge on any atom is -0.373 e. The predicted octanol–water partition coefficient (Wildman–Crippen LogP) is 0.849. The minimum absolute atomic E-state index is 0.0333. The second-order valence-electron chi connectivity index (χ2n) is 4.12. The number of para-hydroxylation sites is 1. The molecule has 0 radical (unpaired) electrons. The van der Waals surface area contributed by atoms with Crippen LogP contribution in [0.25, 0.3) is 0 Å². The fourth-order valence-corrected chi connectivity index (χ4v) is 2.02. The number of halogens is 2. The molecule has 1 aromatic rings. The summed E-state index contributed by atoms with van der Waals surface area (Å²) in [4.78, 5) is 24.4. The van der Waals surface area contributed by atoms with Gasteiger partial charge in [0.2, 0.25) is 11.8 Å². The van der Waals surface area contributed by atoms with E-state index in [-0.39, 0.29) is 35.6 Å². The van der Waals surface area contributed by atoms with Crippen LogP contribution in [0.4, 0.5) is 10.1 Å². The average molecular weight is 286 g/mol. The summed E-state index contributed by atoms with van der Waals surface area (Å²) in [5, 5.41) is 5.50. The molecular weight excluding hydrogens is 273 g/mol. The number of rotatable bonds is 3. The molecule has 102 valence electrons. The van der Waals surface area contributed by atoms with Crippen LogP contribution in [-0.2, 0) is 9.59 Å². The molecule has 7 heteroatoms. The molecule has 1 aromatic carbocycles. The topological polar surface area (TPSA) is 61.4 Å². The summed E-state index contributed by atoms with van der Waals surface area (Å²) in [6, 6.07) is 4.28. The quantitative estimate of drug-likeness (QED) is 0.865. The Labute approximate surface area is 114 Å². The molecule has 0 unspecified atom stereocenters. The molecule has 0 bridgehead atoms. The molecule has 2 amide bonds. The SMILES string of the molecule is O=C1CN(C(=O)CNc2c(F)cccc2Cl)CCN1. The average Bonchev–Trinajstić information content (AvgIpc) is 2.38. The highest BCUT2D eigenvalue weighted by Gasteiger charge is 2.21. The molecule has 0 aromatic heterocycles. The first-order valence-corrected chi connectivity index (χ1v) is 6.18. The van der Waals surface area contributed by atoms with Crippen molar-refractivity contribution >= 4 is 29.1 Å². The van der Waals surface area contributed by atoms with Crippen LogP contribution in [0, 0.1) is 5.82 Å². The molecule has 0 saturated carbocycles. The summed E-state index contributed by atoms with van der Waals surface area (Å²) in [6.45, 7) is 0.821. The molecular formula is C12H13ClFN3O2. The van der Waals surface area contributed by atoms with Gasteiger partial charge >= 0.3 is 0 Å². The van der Waals surface area contributed by atoms with Crippen molar-refractivity contribution in [3.8, 4) is 0 Å². The van der Waals surface area contributed by atoms with Crippen molar-refractivity contribution in [1.82, 2.24) is 10.2 Å². The van der Waals surface area contributed by atoms with Gasteiger partial charge in [-0.2, -0.15) is 0 Å². The summed E-state index contributed by atoms with van der Waals surface area (Å²) in [7, 11) is 0. The Morgan fingerprint density at radius 1 is 1.53 bits per heavy atom. The number of carbonyl (C=O) groups is 2. The van der Waals surface area contributed by atoms with E-state index in [0.29, 0.717) is 13.1 Å². The summed E-state index contributed by atoms with van der Waals surface area (Å²) in [5.74, 6) is -0.977. The van der Waals surface area contributed by atoms with E-state index in [9.17, 15) is 14.0 Å². The van der Waals surface area contributed by atoms with E-state index in [1.165, 1.54) is 23.1 Å².